The molecule has 0 fully saturated rings. The maximum absolute atomic E-state index is 9.60. The summed E-state index contributed by atoms with van der Waals surface area (Å²) >= 11 is 0. The second kappa shape index (κ2) is 3.10. The van der Waals surface area contributed by atoms with E-state index in [1.165, 1.54) is 0 Å². The zero-order chi connectivity index (χ0) is 10.3. The fraction of sp³-hybridized carbons (Fsp3) is 0.364. The topological polar surface area (TPSA) is 37.5 Å². The number of hydrogen-bond acceptors (Lipinski definition) is 2. The lowest BCUT2D eigenvalue weighted by atomic mass is 10.1. The van der Waals surface area contributed by atoms with Gasteiger partial charge < -0.3 is 9.51 Å². The van der Waals surface area contributed by atoms with Crippen molar-refractivity contribution in [2.24, 2.45) is 0 Å². The summed E-state index contributed by atoms with van der Waals surface area (Å²) < 4.78 is 1.96. The maximum Gasteiger partial charge on any atom is 0.142 e. The van der Waals surface area contributed by atoms with Gasteiger partial charge in [0.25, 0.3) is 0 Å². The SMILES string of the molecule is Cc1cc(C(C)O)c2nc(C)cn2c1. The summed E-state index contributed by atoms with van der Waals surface area (Å²) in [5.74, 6) is 0. The standard InChI is InChI=1S/C11H14N2O/c1-7-4-10(9(3)14)11-12-8(2)6-13(11)5-7/h4-6,9,14H,1-3H3. The van der Waals surface area contributed by atoms with Crippen molar-refractivity contribution in [2.75, 3.05) is 0 Å². The van der Waals surface area contributed by atoms with Gasteiger partial charge in [0.05, 0.1) is 11.8 Å². The molecule has 1 N–H and O–H groups in total. The maximum atomic E-state index is 9.60. The van der Waals surface area contributed by atoms with Gasteiger partial charge in [0.2, 0.25) is 0 Å². The van der Waals surface area contributed by atoms with Crippen molar-refractivity contribution in [3.63, 3.8) is 0 Å². The first-order valence-electron chi connectivity index (χ1n) is 4.72. The van der Waals surface area contributed by atoms with E-state index in [2.05, 4.69) is 4.98 Å². The number of fused-ring (bicyclic) bond motifs is 1. The second-order valence-electron chi connectivity index (χ2n) is 3.76. The van der Waals surface area contributed by atoms with Crippen LogP contribution in [0.15, 0.2) is 18.5 Å². The van der Waals surface area contributed by atoms with Crippen LogP contribution in [0.2, 0.25) is 0 Å². The first-order chi connectivity index (χ1) is 6.58. The molecule has 2 heterocycles. The average molecular weight is 190 g/mol. The fourth-order valence-corrected chi connectivity index (χ4v) is 1.70. The molecule has 2 rings (SSSR count). The van der Waals surface area contributed by atoms with Crippen LogP contribution in [-0.2, 0) is 0 Å². The zero-order valence-corrected chi connectivity index (χ0v) is 8.65. The van der Waals surface area contributed by atoms with Crippen molar-refractivity contribution < 1.29 is 5.11 Å². The van der Waals surface area contributed by atoms with Crippen molar-refractivity contribution in [3.05, 3.63) is 35.3 Å². The van der Waals surface area contributed by atoms with E-state index < -0.39 is 6.10 Å². The van der Waals surface area contributed by atoms with E-state index in [4.69, 9.17) is 0 Å². The molecule has 0 radical (unpaired) electrons. The zero-order valence-electron chi connectivity index (χ0n) is 8.65. The summed E-state index contributed by atoms with van der Waals surface area (Å²) in [7, 11) is 0. The lowest BCUT2D eigenvalue weighted by Gasteiger charge is -2.07. The van der Waals surface area contributed by atoms with Crippen LogP contribution in [0.4, 0.5) is 0 Å². The summed E-state index contributed by atoms with van der Waals surface area (Å²) in [5.41, 5.74) is 3.84. The lowest BCUT2D eigenvalue weighted by molar-refractivity contribution is 0.200. The molecule has 0 saturated heterocycles. The highest BCUT2D eigenvalue weighted by atomic mass is 16.3. The summed E-state index contributed by atoms with van der Waals surface area (Å²) in [6.45, 7) is 5.73. The number of imidazole rings is 1. The molecule has 0 aliphatic carbocycles. The Morgan fingerprint density at radius 3 is 2.71 bits per heavy atom. The summed E-state index contributed by atoms with van der Waals surface area (Å²) in [4.78, 5) is 4.38. The van der Waals surface area contributed by atoms with E-state index in [-0.39, 0.29) is 0 Å². The Labute approximate surface area is 83.0 Å². The predicted molar refractivity (Wildman–Crippen MR) is 55.3 cm³/mol. The molecule has 0 amide bonds. The van der Waals surface area contributed by atoms with Gasteiger partial charge in [0.1, 0.15) is 5.65 Å². The predicted octanol–water partition coefficient (Wildman–Crippen LogP) is 2.00. The Hall–Kier alpha value is -1.35. The minimum Gasteiger partial charge on any atom is -0.389 e. The van der Waals surface area contributed by atoms with Crippen molar-refractivity contribution in [1.29, 1.82) is 0 Å². The smallest absolute Gasteiger partial charge is 0.142 e. The molecule has 0 saturated carbocycles. The molecule has 0 aliphatic rings. The van der Waals surface area contributed by atoms with Crippen LogP contribution in [0, 0.1) is 13.8 Å². The number of aryl methyl sites for hydroxylation is 2. The molecule has 2 aromatic rings. The van der Waals surface area contributed by atoms with Gasteiger partial charge in [-0.2, -0.15) is 0 Å². The molecule has 74 valence electrons. The van der Waals surface area contributed by atoms with Crippen molar-refractivity contribution in [2.45, 2.75) is 26.9 Å². The van der Waals surface area contributed by atoms with E-state index in [1.54, 1.807) is 6.92 Å². The molecule has 0 aliphatic heterocycles. The first kappa shape index (κ1) is 9.21. The molecule has 0 spiro atoms. The Morgan fingerprint density at radius 1 is 1.36 bits per heavy atom. The number of aliphatic hydroxyl groups excluding tert-OH is 1. The highest BCUT2D eigenvalue weighted by molar-refractivity contribution is 5.51. The second-order valence-corrected chi connectivity index (χ2v) is 3.76. The summed E-state index contributed by atoms with van der Waals surface area (Å²) in [6.07, 6.45) is 3.51. The number of hydrogen-bond donors (Lipinski definition) is 1. The van der Waals surface area contributed by atoms with Gasteiger partial charge in [-0.1, -0.05) is 0 Å². The number of rotatable bonds is 1. The Kier molecular flexibility index (Phi) is 2.04. The van der Waals surface area contributed by atoms with Crippen LogP contribution in [0.5, 0.6) is 0 Å². The van der Waals surface area contributed by atoms with Gasteiger partial charge in [0.15, 0.2) is 0 Å². The lowest BCUT2D eigenvalue weighted by Crippen LogP contribution is -1.97. The van der Waals surface area contributed by atoms with Gasteiger partial charge in [0, 0.05) is 18.0 Å². The van der Waals surface area contributed by atoms with Crippen molar-refractivity contribution >= 4 is 5.65 Å². The van der Waals surface area contributed by atoms with Crippen molar-refractivity contribution in [1.82, 2.24) is 9.38 Å². The normalized spacial score (nSPS) is 13.4. The third-order valence-electron chi connectivity index (χ3n) is 2.29. The van der Waals surface area contributed by atoms with Crippen molar-refractivity contribution in [3.8, 4) is 0 Å². The number of aromatic nitrogens is 2. The molecular weight excluding hydrogens is 176 g/mol. The molecule has 0 aromatic carbocycles. The first-order valence-corrected chi connectivity index (χ1v) is 4.72. The number of pyridine rings is 1. The molecule has 3 nitrogen and oxygen atoms in total. The van der Waals surface area contributed by atoms with Gasteiger partial charge in [-0.25, -0.2) is 4.98 Å². The molecule has 0 bridgehead atoms. The fourth-order valence-electron chi connectivity index (χ4n) is 1.70. The highest BCUT2D eigenvalue weighted by Crippen LogP contribution is 2.19. The minimum absolute atomic E-state index is 0.473. The van der Waals surface area contributed by atoms with Crippen LogP contribution >= 0.6 is 0 Å². The number of aliphatic hydroxyl groups is 1. The quantitative estimate of drug-likeness (QED) is 0.746. The Balaban J connectivity index is 2.79. The Bertz CT molecular complexity index is 471. The van der Waals surface area contributed by atoms with Crippen LogP contribution < -0.4 is 0 Å². The monoisotopic (exact) mass is 190 g/mol. The summed E-state index contributed by atoms with van der Waals surface area (Å²) in [5, 5.41) is 9.60. The third-order valence-corrected chi connectivity index (χ3v) is 2.29. The average Bonchev–Trinajstić information content (AvgIpc) is 2.42. The van der Waals surface area contributed by atoms with Gasteiger partial charge >= 0.3 is 0 Å². The minimum atomic E-state index is -0.473. The molecule has 3 heteroatoms. The van der Waals surface area contributed by atoms with Crippen LogP contribution in [0.25, 0.3) is 5.65 Å². The van der Waals surface area contributed by atoms with E-state index in [9.17, 15) is 5.11 Å². The molecule has 1 unspecified atom stereocenters. The van der Waals surface area contributed by atoms with Crippen LogP contribution in [0.1, 0.15) is 29.8 Å². The van der Waals surface area contributed by atoms with Gasteiger partial charge in [-0.05, 0) is 32.4 Å². The van der Waals surface area contributed by atoms with E-state index in [0.29, 0.717) is 0 Å². The van der Waals surface area contributed by atoms with E-state index in [1.807, 2.05) is 36.7 Å². The highest BCUT2D eigenvalue weighted by Gasteiger charge is 2.09. The number of nitrogens with zero attached hydrogens (tertiary/aromatic N) is 2. The summed E-state index contributed by atoms with van der Waals surface area (Å²) in [6, 6.07) is 1.98. The molecule has 14 heavy (non-hydrogen) atoms. The van der Waals surface area contributed by atoms with E-state index in [0.717, 1.165) is 22.5 Å². The van der Waals surface area contributed by atoms with Crippen LogP contribution in [-0.4, -0.2) is 14.5 Å². The van der Waals surface area contributed by atoms with Gasteiger partial charge in [-0.3, -0.25) is 0 Å². The van der Waals surface area contributed by atoms with Crippen LogP contribution in [0.3, 0.4) is 0 Å². The third kappa shape index (κ3) is 1.40. The van der Waals surface area contributed by atoms with E-state index >= 15 is 0 Å². The molecular formula is C11H14N2O. The largest absolute Gasteiger partial charge is 0.389 e. The van der Waals surface area contributed by atoms with Gasteiger partial charge in [-0.15, -0.1) is 0 Å². The Morgan fingerprint density at radius 2 is 2.07 bits per heavy atom. The molecule has 2 aromatic heterocycles. The molecule has 1 atom stereocenters.